The predicted octanol–water partition coefficient (Wildman–Crippen LogP) is 1.62. The number of rotatable bonds is 5. The van der Waals surface area contributed by atoms with Crippen LogP contribution >= 0.6 is 0 Å². The molecule has 32 heavy (non-hydrogen) atoms. The normalized spacial score (nSPS) is 24.3. The van der Waals surface area contributed by atoms with E-state index in [1.54, 1.807) is 33.5 Å². The third kappa shape index (κ3) is 4.70. The van der Waals surface area contributed by atoms with Crippen molar-refractivity contribution >= 4 is 27.5 Å². The Hall–Kier alpha value is -1.97. The number of hydrogen-bond donors (Lipinski definition) is 0. The van der Waals surface area contributed by atoms with Gasteiger partial charge in [-0.15, -0.1) is 0 Å². The van der Waals surface area contributed by atoms with Crippen molar-refractivity contribution in [2.75, 3.05) is 57.3 Å². The molecule has 0 spiro atoms. The Kier molecular flexibility index (Phi) is 6.88. The Morgan fingerprint density at radius 1 is 1.00 bits per heavy atom. The average molecular weight is 463 g/mol. The zero-order valence-corrected chi connectivity index (χ0v) is 19.9. The van der Waals surface area contributed by atoms with Crippen molar-refractivity contribution < 1.29 is 18.0 Å². The number of carbonyl (C=O) groups excluding carboxylic acids is 2. The van der Waals surface area contributed by atoms with Crippen molar-refractivity contribution in [3.8, 4) is 0 Å². The lowest BCUT2D eigenvalue weighted by Crippen LogP contribution is -2.50. The minimum atomic E-state index is -3.52. The molecule has 4 rings (SSSR count). The van der Waals surface area contributed by atoms with Gasteiger partial charge in [-0.05, 0) is 49.6 Å². The van der Waals surface area contributed by atoms with E-state index in [1.165, 1.54) is 0 Å². The number of benzene rings is 1. The standard InChI is InChI=1S/C23H34N4O4S/c1-3-24-12-14-25(15-13-24)23(29)19-16-22(28)27(17-19)20-4-6-21(7-5-20)32(30,31)26-10-8-18(2)9-11-26/h4-7,18-19H,3,8-17H2,1-2H3. The van der Waals surface area contributed by atoms with E-state index in [9.17, 15) is 18.0 Å². The molecule has 3 fully saturated rings. The summed E-state index contributed by atoms with van der Waals surface area (Å²) in [6, 6.07) is 6.53. The van der Waals surface area contributed by atoms with Crippen molar-refractivity contribution in [3.63, 3.8) is 0 Å². The van der Waals surface area contributed by atoms with Crippen LogP contribution in [0.2, 0.25) is 0 Å². The third-order valence-corrected chi connectivity index (χ3v) is 9.05. The summed E-state index contributed by atoms with van der Waals surface area (Å²) in [6.45, 7) is 9.86. The van der Waals surface area contributed by atoms with Gasteiger partial charge in [-0.25, -0.2) is 8.42 Å². The van der Waals surface area contributed by atoms with Crippen LogP contribution in [-0.2, 0) is 19.6 Å². The molecule has 0 aliphatic carbocycles. The van der Waals surface area contributed by atoms with Crippen molar-refractivity contribution in [3.05, 3.63) is 24.3 Å². The van der Waals surface area contributed by atoms with Crippen LogP contribution in [-0.4, -0.2) is 86.7 Å². The van der Waals surface area contributed by atoms with Gasteiger partial charge in [0.25, 0.3) is 0 Å². The largest absolute Gasteiger partial charge is 0.340 e. The number of anilines is 1. The van der Waals surface area contributed by atoms with Crippen LogP contribution in [0.25, 0.3) is 0 Å². The zero-order chi connectivity index (χ0) is 22.9. The lowest BCUT2D eigenvalue weighted by molar-refractivity contribution is -0.137. The fourth-order valence-electron chi connectivity index (χ4n) is 4.84. The van der Waals surface area contributed by atoms with E-state index in [0.29, 0.717) is 44.3 Å². The van der Waals surface area contributed by atoms with Crippen molar-refractivity contribution in [1.82, 2.24) is 14.1 Å². The summed E-state index contributed by atoms with van der Waals surface area (Å²) in [5, 5.41) is 0. The molecule has 2 amide bonds. The molecule has 0 radical (unpaired) electrons. The zero-order valence-electron chi connectivity index (χ0n) is 19.1. The second kappa shape index (κ2) is 9.49. The molecule has 0 bridgehead atoms. The second-order valence-corrected chi connectivity index (χ2v) is 11.2. The fourth-order valence-corrected chi connectivity index (χ4v) is 6.31. The molecular weight excluding hydrogens is 428 g/mol. The molecule has 0 aromatic heterocycles. The number of piperazine rings is 1. The number of amides is 2. The summed E-state index contributed by atoms with van der Waals surface area (Å²) in [5.74, 6) is 0.178. The first-order valence-electron chi connectivity index (χ1n) is 11.7. The summed E-state index contributed by atoms with van der Waals surface area (Å²) in [5.41, 5.74) is 0.646. The van der Waals surface area contributed by atoms with Crippen LogP contribution in [0.15, 0.2) is 29.2 Å². The van der Waals surface area contributed by atoms with Gasteiger partial charge >= 0.3 is 0 Å². The number of nitrogens with zero attached hydrogens (tertiary/aromatic N) is 4. The van der Waals surface area contributed by atoms with E-state index in [4.69, 9.17) is 0 Å². The van der Waals surface area contributed by atoms with E-state index >= 15 is 0 Å². The highest BCUT2D eigenvalue weighted by molar-refractivity contribution is 7.89. The van der Waals surface area contributed by atoms with Gasteiger partial charge in [0.15, 0.2) is 0 Å². The third-order valence-electron chi connectivity index (χ3n) is 7.13. The highest BCUT2D eigenvalue weighted by Gasteiger charge is 2.38. The Bertz CT molecular complexity index is 933. The minimum Gasteiger partial charge on any atom is -0.340 e. The van der Waals surface area contributed by atoms with Gasteiger partial charge in [-0.1, -0.05) is 13.8 Å². The Morgan fingerprint density at radius 2 is 1.62 bits per heavy atom. The smallest absolute Gasteiger partial charge is 0.243 e. The molecule has 1 unspecified atom stereocenters. The molecule has 1 atom stereocenters. The number of hydrogen-bond acceptors (Lipinski definition) is 5. The average Bonchev–Trinajstić information content (AvgIpc) is 3.20. The van der Waals surface area contributed by atoms with Gasteiger partial charge in [0.2, 0.25) is 21.8 Å². The molecule has 1 aromatic carbocycles. The first-order chi connectivity index (χ1) is 15.3. The Labute approximate surface area is 191 Å². The summed E-state index contributed by atoms with van der Waals surface area (Å²) >= 11 is 0. The molecule has 176 valence electrons. The summed E-state index contributed by atoms with van der Waals surface area (Å²) < 4.78 is 27.4. The number of piperidine rings is 1. The number of sulfonamides is 1. The second-order valence-electron chi connectivity index (χ2n) is 9.25. The van der Waals surface area contributed by atoms with Gasteiger partial charge in [0.1, 0.15) is 0 Å². The molecule has 3 heterocycles. The van der Waals surface area contributed by atoms with Crippen LogP contribution < -0.4 is 4.90 Å². The monoisotopic (exact) mass is 462 g/mol. The van der Waals surface area contributed by atoms with Crippen LogP contribution in [0, 0.1) is 11.8 Å². The highest BCUT2D eigenvalue weighted by Crippen LogP contribution is 2.29. The van der Waals surface area contributed by atoms with Crippen LogP contribution in [0.3, 0.4) is 0 Å². The van der Waals surface area contributed by atoms with E-state index in [-0.39, 0.29) is 29.0 Å². The predicted molar refractivity (Wildman–Crippen MR) is 123 cm³/mol. The molecule has 1 aromatic rings. The van der Waals surface area contributed by atoms with Crippen molar-refractivity contribution in [2.45, 2.75) is 38.0 Å². The SMILES string of the molecule is CCN1CCN(C(=O)C2CC(=O)N(c3ccc(S(=O)(=O)N4CCC(C)CC4)cc3)C2)CC1. The highest BCUT2D eigenvalue weighted by atomic mass is 32.2. The maximum atomic E-state index is 12.9. The van der Waals surface area contributed by atoms with Gasteiger partial charge in [0, 0.05) is 57.9 Å². The molecule has 9 heteroatoms. The fraction of sp³-hybridized carbons (Fsp3) is 0.652. The van der Waals surface area contributed by atoms with Crippen molar-refractivity contribution in [1.29, 1.82) is 0 Å². The molecule has 3 saturated heterocycles. The van der Waals surface area contributed by atoms with Crippen LogP contribution in [0.5, 0.6) is 0 Å². The lowest BCUT2D eigenvalue weighted by atomic mass is 10.0. The number of carbonyl (C=O) groups is 2. The number of likely N-dealkylation sites (N-methyl/N-ethyl adjacent to an activating group) is 1. The molecule has 0 saturated carbocycles. The maximum Gasteiger partial charge on any atom is 0.243 e. The molecule has 3 aliphatic rings. The summed E-state index contributed by atoms with van der Waals surface area (Å²) in [6.07, 6.45) is 1.96. The van der Waals surface area contributed by atoms with E-state index in [0.717, 1.165) is 32.5 Å². The minimum absolute atomic E-state index is 0.0510. The Balaban J connectivity index is 1.40. The van der Waals surface area contributed by atoms with Gasteiger partial charge < -0.3 is 14.7 Å². The molecule has 0 N–H and O–H groups in total. The topological polar surface area (TPSA) is 81.2 Å². The van der Waals surface area contributed by atoms with Crippen LogP contribution in [0.4, 0.5) is 5.69 Å². The molecule has 8 nitrogen and oxygen atoms in total. The van der Waals surface area contributed by atoms with Gasteiger partial charge in [-0.3, -0.25) is 9.59 Å². The van der Waals surface area contributed by atoms with Gasteiger partial charge in [-0.2, -0.15) is 4.31 Å². The maximum absolute atomic E-state index is 12.9. The molecular formula is C23H34N4O4S. The molecule has 3 aliphatic heterocycles. The van der Waals surface area contributed by atoms with E-state index in [1.807, 2.05) is 4.90 Å². The van der Waals surface area contributed by atoms with Crippen molar-refractivity contribution in [2.24, 2.45) is 11.8 Å². The quantitative estimate of drug-likeness (QED) is 0.664. The van der Waals surface area contributed by atoms with E-state index in [2.05, 4.69) is 18.7 Å². The van der Waals surface area contributed by atoms with Crippen LogP contribution in [0.1, 0.15) is 33.1 Å². The Morgan fingerprint density at radius 3 is 2.22 bits per heavy atom. The van der Waals surface area contributed by atoms with E-state index < -0.39 is 10.0 Å². The first kappa shape index (κ1) is 23.2. The summed E-state index contributed by atoms with van der Waals surface area (Å²) in [4.78, 5) is 31.7. The summed E-state index contributed by atoms with van der Waals surface area (Å²) in [7, 11) is -3.52. The lowest BCUT2D eigenvalue weighted by Gasteiger charge is -2.35. The first-order valence-corrected chi connectivity index (χ1v) is 13.2. The van der Waals surface area contributed by atoms with Gasteiger partial charge in [0.05, 0.1) is 10.8 Å².